The first kappa shape index (κ1) is 21.1. The van der Waals surface area contributed by atoms with Crippen molar-refractivity contribution >= 4 is 34.7 Å². The standard InChI is InChI=1S/C23H23IN2O3/c1-15(2)20-10-4-16(3)12-22(20)28-14-23(27)26-25-13-19-9-11-21(29-19)17-5-7-18(24)8-6-17/h4-13,15H,14H2,1-3H3,(H,26,27)/b25-13-. The van der Waals surface area contributed by atoms with Crippen LogP contribution < -0.4 is 10.2 Å². The van der Waals surface area contributed by atoms with Crippen molar-refractivity contribution in [2.75, 3.05) is 6.61 Å². The number of carbonyl (C=O) groups excluding carboxylic acids is 1. The number of benzene rings is 2. The van der Waals surface area contributed by atoms with Crippen molar-refractivity contribution < 1.29 is 13.9 Å². The minimum atomic E-state index is -0.332. The summed E-state index contributed by atoms with van der Waals surface area (Å²) in [6.07, 6.45) is 1.47. The summed E-state index contributed by atoms with van der Waals surface area (Å²) in [5.41, 5.74) is 5.62. The van der Waals surface area contributed by atoms with E-state index in [0.717, 1.165) is 31.8 Å². The van der Waals surface area contributed by atoms with E-state index in [1.165, 1.54) is 6.21 Å². The molecule has 29 heavy (non-hydrogen) atoms. The summed E-state index contributed by atoms with van der Waals surface area (Å²) >= 11 is 2.26. The van der Waals surface area contributed by atoms with Crippen molar-refractivity contribution in [1.29, 1.82) is 0 Å². The van der Waals surface area contributed by atoms with Crippen LogP contribution in [0.4, 0.5) is 0 Å². The van der Waals surface area contributed by atoms with Crippen molar-refractivity contribution in [3.8, 4) is 17.1 Å². The molecular formula is C23H23IN2O3. The Balaban J connectivity index is 1.54. The van der Waals surface area contributed by atoms with Gasteiger partial charge in [-0.1, -0.05) is 38.1 Å². The lowest BCUT2D eigenvalue weighted by Gasteiger charge is -2.14. The minimum absolute atomic E-state index is 0.105. The van der Waals surface area contributed by atoms with E-state index in [0.29, 0.717) is 11.7 Å². The minimum Gasteiger partial charge on any atom is -0.483 e. The fourth-order valence-corrected chi connectivity index (χ4v) is 3.14. The molecule has 1 N–H and O–H groups in total. The van der Waals surface area contributed by atoms with Gasteiger partial charge >= 0.3 is 0 Å². The lowest BCUT2D eigenvalue weighted by molar-refractivity contribution is -0.123. The quantitative estimate of drug-likeness (QED) is 0.263. The van der Waals surface area contributed by atoms with Crippen molar-refractivity contribution in [3.63, 3.8) is 0 Å². The molecule has 0 aliphatic carbocycles. The van der Waals surface area contributed by atoms with Gasteiger partial charge in [0.2, 0.25) is 0 Å². The average molecular weight is 502 g/mol. The summed E-state index contributed by atoms with van der Waals surface area (Å²) in [4.78, 5) is 12.1. The highest BCUT2D eigenvalue weighted by molar-refractivity contribution is 14.1. The Kier molecular flexibility index (Phi) is 7.09. The normalized spacial score (nSPS) is 11.2. The van der Waals surface area contributed by atoms with Gasteiger partial charge in [0, 0.05) is 9.13 Å². The molecule has 0 atom stereocenters. The van der Waals surface area contributed by atoms with E-state index in [1.54, 1.807) is 6.07 Å². The highest BCUT2D eigenvalue weighted by Crippen LogP contribution is 2.27. The van der Waals surface area contributed by atoms with E-state index in [9.17, 15) is 4.79 Å². The van der Waals surface area contributed by atoms with Gasteiger partial charge in [-0.25, -0.2) is 5.43 Å². The number of aryl methyl sites for hydroxylation is 1. The Morgan fingerprint density at radius 3 is 2.66 bits per heavy atom. The first-order valence-corrected chi connectivity index (χ1v) is 10.4. The van der Waals surface area contributed by atoms with Gasteiger partial charge in [0.05, 0.1) is 6.21 Å². The van der Waals surface area contributed by atoms with Crippen LogP contribution in [0, 0.1) is 10.5 Å². The zero-order chi connectivity index (χ0) is 20.8. The molecule has 0 unspecified atom stereocenters. The van der Waals surface area contributed by atoms with E-state index in [4.69, 9.17) is 9.15 Å². The third kappa shape index (κ3) is 5.93. The Morgan fingerprint density at radius 2 is 1.93 bits per heavy atom. The van der Waals surface area contributed by atoms with Gasteiger partial charge in [0.25, 0.3) is 5.91 Å². The van der Waals surface area contributed by atoms with Gasteiger partial charge in [0.1, 0.15) is 17.3 Å². The molecule has 2 aromatic carbocycles. The second-order valence-corrected chi connectivity index (χ2v) is 8.23. The van der Waals surface area contributed by atoms with E-state index in [2.05, 4.69) is 47.0 Å². The highest BCUT2D eigenvalue weighted by Gasteiger charge is 2.10. The van der Waals surface area contributed by atoms with E-state index in [1.807, 2.05) is 55.5 Å². The number of hydrogen-bond acceptors (Lipinski definition) is 4. The van der Waals surface area contributed by atoms with Crippen LogP contribution in [0.25, 0.3) is 11.3 Å². The number of furan rings is 1. The summed E-state index contributed by atoms with van der Waals surface area (Å²) < 4.78 is 12.6. The smallest absolute Gasteiger partial charge is 0.277 e. The van der Waals surface area contributed by atoms with Gasteiger partial charge in [-0.2, -0.15) is 5.10 Å². The number of nitrogens with one attached hydrogen (secondary N) is 1. The molecule has 0 radical (unpaired) electrons. The summed E-state index contributed by atoms with van der Waals surface area (Å²) in [5, 5.41) is 3.95. The first-order valence-electron chi connectivity index (χ1n) is 9.33. The fourth-order valence-electron chi connectivity index (χ4n) is 2.78. The fraction of sp³-hybridized carbons (Fsp3) is 0.217. The predicted molar refractivity (Wildman–Crippen MR) is 123 cm³/mol. The van der Waals surface area contributed by atoms with Gasteiger partial charge in [-0.15, -0.1) is 0 Å². The van der Waals surface area contributed by atoms with Gasteiger partial charge in [0.15, 0.2) is 6.61 Å². The average Bonchev–Trinajstić information content (AvgIpc) is 3.15. The zero-order valence-corrected chi connectivity index (χ0v) is 18.8. The van der Waals surface area contributed by atoms with E-state index < -0.39 is 0 Å². The SMILES string of the molecule is Cc1ccc(C(C)C)c(OCC(=O)N/N=C\c2ccc(-c3ccc(I)cc3)o2)c1. The molecule has 0 saturated heterocycles. The lowest BCUT2D eigenvalue weighted by atomic mass is 10.0. The molecule has 0 aliphatic heterocycles. The maximum Gasteiger partial charge on any atom is 0.277 e. The summed E-state index contributed by atoms with van der Waals surface area (Å²) in [6, 6.07) is 17.7. The molecule has 0 fully saturated rings. The second-order valence-electron chi connectivity index (χ2n) is 6.99. The monoisotopic (exact) mass is 502 g/mol. The molecule has 0 aliphatic rings. The largest absolute Gasteiger partial charge is 0.483 e. The molecule has 0 bridgehead atoms. The molecule has 1 heterocycles. The van der Waals surface area contributed by atoms with Crippen LogP contribution in [0.3, 0.4) is 0 Å². The molecule has 6 heteroatoms. The molecule has 1 aromatic heterocycles. The van der Waals surface area contributed by atoms with Crippen molar-refractivity contribution in [1.82, 2.24) is 5.43 Å². The predicted octanol–water partition coefficient (Wildman–Crippen LogP) is 5.51. The number of hydrazone groups is 1. The van der Waals surface area contributed by atoms with Crippen molar-refractivity contribution in [2.24, 2.45) is 5.10 Å². The van der Waals surface area contributed by atoms with Crippen molar-refractivity contribution in [3.05, 3.63) is 75.1 Å². The molecule has 0 saturated carbocycles. The summed E-state index contributed by atoms with van der Waals surface area (Å²) in [7, 11) is 0. The van der Waals surface area contributed by atoms with Crippen LogP contribution in [0.1, 0.15) is 36.7 Å². The summed E-state index contributed by atoms with van der Waals surface area (Å²) in [6.45, 7) is 6.08. The number of rotatable bonds is 7. The topological polar surface area (TPSA) is 63.8 Å². The number of hydrogen-bond donors (Lipinski definition) is 1. The van der Waals surface area contributed by atoms with Gasteiger partial charge < -0.3 is 9.15 Å². The lowest BCUT2D eigenvalue weighted by Crippen LogP contribution is -2.24. The third-order valence-corrected chi connectivity index (χ3v) is 5.01. The van der Waals surface area contributed by atoms with Crippen LogP contribution in [-0.2, 0) is 4.79 Å². The maximum atomic E-state index is 12.1. The maximum absolute atomic E-state index is 12.1. The number of amides is 1. The van der Waals surface area contributed by atoms with Crippen LogP contribution in [-0.4, -0.2) is 18.7 Å². The Labute approximate surface area is 184 Å². The van der Waals surface area contributed by atoms with Crippen LogP contribution >= 0.6 is 22.6 Å². The van der Waals surface area contributed by atoms with Crippen LogP contribution in [0.2, 0.25) is 0 Å². The molecule has 150 valence electrons. The summed E-state index contributed by atoms with van der Waals surface area (Å²) in [5.74, 6) is 2.01. The molecule has 5 nitrogen and oxygen atoms in total. The first-order chi connectivity index (χ1) is 13.9. The van der Waals surface area contributed by atoms with Gasteiger partial charge in [-0.3, -0.25) is 4.79 Å². The number of carbonyl (C=O) groups is 1. The van der Waals surface area contributed by atoms with E-state index >= 15 is 0 Å². The Hall–Kier alpha value is -2.61. The Morgan fingerprint density at radius 1 is 1.17 bits per heavy atom. The number of ether oxygens (including phenoxy) is 1. The van der Waals surface area contributed by atoms with Crippen LogP contribution in [0.5, 0.6) is 5.75 Å². The second kappa shape index (κ2) is 9.73. The Bertz CT molecular complexity index is 1010. The molecular weight excluding hydrogens is 479 g/mol. The van der Waals surface area contributed by atoms with Crippen LogP contribution in [0.15, 0.2) is 64.1 Å². The number of halogens is 1. The van der Waals surface area contributed by atoms with Crippen molar-refractivity contribution in [2.45, 2.75) is 26.7 Å². The van der Waals surface area contributed by atoms with E-state index in [-0.39, 0.29) is 12.5 Å². The number of nitrogens with zero attached hydrogens (tertiary/aromatic N) is 1. The molecule has 3 rings (SSSR count). The molecule has 1 amide bonds. The molecule has 3 aromatic rings. The highest BCUT2D eigenvalue weighted by atomic mass is 127. The molecule has 0 spiro atoms. The van der Waals surface area contributed by atoms with Gasteiger partial charge in [-0.05, 0) is 76.9 Å². The zero-order valence-electron chi connectivity index (χ0n) is 16.6. The third-order valence-electron chi connectivity index (χ3n) is 4.29.